The predicted octanol–water partition coefficient (Wildman–Crippen LogP) is 5.75. The molecular weight excluding hydrogens is 537 g/mol. The fraction of sp³-hybridized carbons (Fsp3) is 0.0870. The molecule has 0 unspecified atom stereocenters. The zero-order valence-corrected chi connectivity index (χ0v) is 19.9. The Morgan fingerprint density at radius 2 is 1.73 bits per heavy atom. The van der Waals surface area contributed by atoms with Crippen LogP contribution in [0.4, 0.5) is 23.5 Å². The van der Waals surface area contributed by atoms with Crippen LogP contribution < -0.4 is 5.32 Å². The maximum atomic E-state index is 13.8. The van der Waals surface area contributed by atoms with Gasteiger partial charge < -0.3 is 0 Å². The van der Waals surface area contributed by atoms with Gasteiger partial charge in [-0.1, -0.05) is 29.3 Å². The standard InChI is InChI=1S/C23H13Cl2F4N7O/c24-15-6-1-12(7-16(15)25)10-35-11-30-22(34-35)32-21(37)18-9-20-31-17(13-2-4-14(26)5-3-13)8-19(23(27,28)29)36(20)33-18/h1-9,11H,10H2,(H,32,34,37). The molecule has 3 heterocycles. The number of alkyl halides is 3. The molecule has 2 aromatic carbocycles. The number of halogens is 6. The maximum Gasteiger partial charge on any atom is 0.433 e. The van der Waals surface area contributed by atoms with Crippen LogP contribution in [0.15, 0.2) is 60.9 Å². The first-order valence-corrected chi connectivity index (χ1v) is 11.2. The molecule has 0 saturated carbocycles. The Kier molecular flexibility index (Phi) is 6.30. The van der Waals surface area contributed by atoms with E-state index in [9.17, 15) is 22.4 Å². The van der Waals surface area contributed by atoms with Crippen molar-refractivity contribution in [2.24, 2.45) is 0 Å². The molecule has 0 radical (unpaired) electrons. The average Bonchev–Trinajstić information content (AvgIpc) is 3.47. The van der Waals surface area contributed by atoms with Crippen LogP contribution in [0.5, 0.6) is 0 Å². The van der Waals surface area contributed by atoms with Crippen LogP contribution in [0.25, 0.3) is 16.9 Å². The summed E-state index contributed by atoms with van der Waals surface area (Å²) >= 11 is 11.9. The molecule has 0 aliphatic rings. The fourth-order valence-electron chi connectivity index (χ4n) is 3.47. The number of nitrogens with one attached hydrogen (secondary N) is 1. The Morgan fingerprint density at radius 1 is 0.973 bits per heavy atom. The number of anilines is 1. The summed E-state index contributed by atoms with van der Waals surface area (Å²) in [5.74, 6) is -1.47. The largest absolute Gasteiger partial charge is 0.433 e. The molecule has 0 spiro atoms. The van der Waals surface area contributed by atoms with E-state index in [4.69, 9.17) is 23.2 Å². The van der Waals surface area contributed by atoms with E-state index < -0.39 is 23.6 Å². The monoisotopic (exact) mass is 549 g/mol. The van der Waals surface area contributed by atoms with Crippen molar-refractivity contribution in [2.45, 2.75) is 12.7 Å². The minimum Gasteiger partial charge on any atom is -0.288 e. The molecule has 14 heteroatoms. The molecule has 0 bridgehead atoms. The molecule has 5 aromatic rings. The van der Waals surface area contributed by atoms with E-state index >= 15 is 0 Å². The van der Waals surface area contributed by atoms with E-state index in [0.29, 0.717) is 14.6 Å². The van der Waals surface area contributed by atoms with Gasteiger partial charge in [-0.05, 0) is 48.0 Å². The second kappa shape index (κ2) is 9.45. The maximum absolute atomic E-state index is 13.8. The highest BCUT2D eigenvalue weighted by Gasteiger charge is 2.35. The third-order valence-electron chi connectivity index (χ3n) is 5.18. The van der Waals surface area contributed by atoms with Crippen molar-refractivity contribution in [3.05, 3.63) is 93.7 Å². The highest BCUT2D eigenvalue weighted by atomic mass is 35.5. The molecule has 1 amide bonds. The number of carbonyl (C=O) groups excluding carboxylic acids is 1. The first-order valence-electron chi connectivity index (χ1n) is 10.5. The number of nitrogens with zero attached hydrogens (tertiary/aromatic N) is 6. The number of rotatable bonds is 5. The van der Waals surface area contributed by atoms with E-state index in [1.165, 1.54) is 23.1 Å². The second-order valence-electron chi connectivity index (χ2n) is 7.80. The highest BCUT2D eigenvalue weighted by molar-refractivity contribution is 6.42. The SMILES string of the molecule is O=C(Nc1ncn(Cc2ccc(Cl)c(Cl)c2)n1)c1cc2nc(-c3ccc(F)cc3)cc(C(F)(F)F)n2n1. The number of hydrogen-bond donors (Lipinski definition) is 1. The lowest BCUT2D eigenvalue weighted by Gasteiger charge is -2.11. The van der Waals surface area contributed by atoms with Crippen LogP contribution in [0.2, 0.25) is 10.0 Å². The molecule has 1 N–H and O–H groups in total. The van der Waals surface area contributed by atoms with Crippen molar-refractivity contribution in [2.75, 3.05) is 5.32 Å². The van der Waals surface area contributed by atoms with E-state index in [2.05, 4.69) is 25.5 Å². The zero-order chi connectivity index (χ0) is 26.3. The summed E-state index contributed by atoms with van der Waals surface area (Å²) in [6.07, 6.45) is -3.44. The minimum atomic E-state index is -4.80. The van der Waals surface area contributed by atoms with Crippen LogP contribution in [-0.4, -0.2) is 35.3 Å². The Bertz CT molecular complexity index is 1630. The van der Waals surface area contributed by atoms with Crippen molar-refractivity contribution in [1.82, 2.24) is 29.4 Å². The van der Waals surface area contributed by atoms with Gasteiger partial charge in [0.2, 0.25) is 5.95 Å². The van der Waals surface area contributed by atoms with Gasteiger partial charge in [-0.15, -0.1) is 5.10 Å². The summed E-state index contributed by atoms with van der Waals surface area (Å²) in [5.41, 5.74) is -0.736. The summed E-state index contributed by atoms with van der Waals surface area (Å²) in [6.45, 7) is 0.277. The third-order valence-corrected chi connectivity index (χ3v) is 5.92. The predicted molar refractivity (Wildman–Crippen MR) is 127 cm³/mol. The van der Waals surface area contributed by atoms with Crippen molar-refractivity contribution < 1.29 is 22.4 Å². The highest BCUT2D eigenvalue weighted by Crippen LogP contribution is 2.32. The molecule has 0 saturated heterocycles. The molecular formula is C23H13Cl2F4N7O. The Balaban J connectivity index is 1.41. The van der Waals surface area contributed by atoms with Crippen molar-refractivity contribution in [1.29, 1.82) is 0 Å². The number of hydrogen-bond acceptors (Lipinski definition) is 5. The van der Waals surface area contributed by atoms with Crippen molar-refractivity contribution >= 4 is 40.7 Å². The molecule has 188 valence electrons. The Hall–Kier alpha value is -4.03. The molecule has 0 aliphatic carbocycles. The van der Waals surface area contributed by atoms with Gasteiger partial charge in [0.25, 0.3) is 5.91 Å². The first kappa shape index (κ1) is 24.7. The summed E-state index contributed by atoms with van der Waals surface area (Å²) in [5, 5.41) is 11.1. The molecule has 5 rings (SSSR count). The number of fused-ring (bicyclic) bond motifs is 1. The van der Waals surface area contributed by atoms with Gasteiger partial charge in [-0.3, -0.25) is 10.1 Å². The van der Waals surface area contributed by atoms with Crippen LogP contribution in [-0.2, 0) is 12.7 Å². The van der Waals surface area contributed by atoms with Gasteiger partial charge >= 0.3 is 6.18 Å². The van der Waals surface area contributed by atoms with Crippen molar-refractivity contribution in [3.8, 4) is 11.3 Å². The quantitative estimate of drug-likeness (QED) is 0.282. The van der Waals surface area contributed by atoms with Crippen molar-refractivity contribution in [3.63, 3.8) is 0 Å². The molecule has 37 heavy (non-hydrogen) atoms. The van der Waals surface area contributed by atoms with E-state index in [1.54, 1.807) is 18.2 Å². The summed E-state index contributed by atoms with van der Waals surface area (Å²) in [7, 11) is 0. The minimum absolute atomic E-state index is 0.0607. The Labute approximate surface area is 215 Å². The van der Waals surface area contributed by atoms with E-state index in [0.717, 1.165) is 29.8 Å². The van der Waals surface area contributed by atoms with Crippen LogP contribution in [0, 0.1) is 5.82 Å². The lowest BCUT2D eigenvalue weighted by Crippen LogP contribution is -2.16. The Morgan fingerprint density at radius 3 is 2.43 bits per heavy atom. The van der Waals surface area contributed by atoms with Gasteiger partial charge in [-0.2, -0.15) is 18.3 Å². The van der Waals surface area contributed by atoms with Crippen LogP contribution >= 0.6 is 23.2 Å². The molecule has 3 aromatic heterocycles. The van der Waals surface area contributed by atoms with Gasteiger partial charge in [-0.25, -0.2) is 23.6 Å². The molecule has 0 atom stereocenters. The van der Waals surface area contributed by atoms with E-state index in [-0.39, 0.29) is 35.1 Å². The van der Waals surface area contributed by atoms with Gasteiger partial charge in [0.15, 0.2) is 17.0 Å². The lowest BCUT2D eigenvalue weighted by atomic mass is 10.1. The fourth-order valence-corrected chi connectivity index (χ4v) is 3.80. The second-order valence-corrected chi connectivity index (χ2v) is 8.61. The summed E-state index contributed by atoms with van der Waals surface area (Å²) < 4.78 is 56.5. The summed E-state index contributed by atoms with van der Waals surface area (Å²) in [4.78, 5) is 20.9. The number of amides is 1. The molecule has 0 aliphatic heterocycles. The number of benzene rings is 2. The zero-order valence-electron chi connectivity index (χ0n) is 18.3. The average molecular weight is 550 g/mol. The van der Waals surface area contributed by atoms with Gasteiger partial charge in [0, 0.05) is 11.6 Å². The first-order chi connectivity index (χ1) is 17.6. The number of carbonyl (C=O) groups is 1. The molecule has 0 fully saturated rings. The van der Waals surface area contributed by atoms with Crippen LogP contribution in [0.1, 0.15) is 21.7 Å². The third kappa shape index (κ3) is 5.25. The van der Waals surface area contributed by atoms with Gasteiger partial charge in [0.05, 0.1) is 22.3 Å². The van der Waals surface area contributed by atoms with Crippen LogP contribution in [0.3, 0.4) is 0 Å². The summed E-state index contributed by atoms with van der Waals surface area (Å²) in [6, 6.07) is 11.7. The smallest absolute Gasteiger partial charge is 0.288 e. The topological polar surface area (TPSA) is 90.0 Å². The molecule has 8 nitrogen and oxygen atoms in total. The number of aromatic nitrogens is 6. The lowest BCUT2D eigenvalue weighted by molar-refractivity contribution is -0.142. The normalized spacial score (nSPS) is 11.7. The van der Waals surface area contributed by atoms with Gasteiger partial charge in [0.1, 0.15) is 12.1 Å². The van der Waals surface area contributed by atoms with E-state index in [1.807, 2.05) is 0 Å².